The predicted octanol–water partition coefficient (Wildman–Crippen LogP) is 3.04. The van der Waals surface area contributed by atoms with Crippen LogP contribution >= 0.6 is 0 Å². The second-order valence-electron chi connectivity index (χ2n) is 4.68. The van der Waals surface area contributed by atoms with Crippen molar-refractivity contribution in [3.8, 4) is 17.4 Å². The fourth-order valence-corrected chi connectivity index (χ4v) is 2.29. The summed E-state index contributed by atoms with van der Waals surface area (Å²) in [5.41, 5.74) is 1.43. The van der Waals surface area contributed by atoms with Crippen LogP contribution in [0.1, 0.15) is 5.69 Å². The van der Waals surface area contributed by atoms with Crippen LogP contribution in [-0.2, 0) is 6.54 Å². The van der Waals surface area contributed by atoms with Gasteiger partial charge < -0.3 is 18.6 Å². The Morgan fingerprint density at radius 3 is 2.95 bits per heavy atom. The van der Waals surface area contributed by atoms with Crippen LogP contribution in [0.3, 0.4) is 0 Å². The van der Waals surface area contributed by atoms with Gasteiger partial charge in [-0.2, -0.15) is 0 Å². The summed E-state index contributed by atoms with van der Waals surface area (Å²) in [6, 6.07) is 8.99. The molecule has 1 N–H and O–H groups in total. The summed E-state index contributed by atoms with van der Waals surface area (Å²) in [5, 5.41) is 14.9. The molecule has 4 aromatic rings. The van der Waals surface area contributed by atoms with Gasteiger partial charge in [-0.1, -0.05) is 5.16 Å². The van der Waals surface area contributed by atoms with Crippen LogP contribution in [0.15, 0.2) is 57.9 Å². The van der Waals surface area contributed by atoms with Crippen molar-refractivity contribution in [3.63, 3.8) is 0 Å². The van der Waals surface area contributed by atoms with Crippen LogP contribution in [0.5, 0.6) is 5.88 Å². The third kappa shape index (κ3) is 1.97. The van der Waals surface area contributed by atoms with E-state index < -0.39 is 0 Å². The molecule has 0 aliphatic heterocycles. The first-order chi connectivity index (χ1) is 10.3. The molecular weight excluding hydrogens is 270 g/mol. The number of hydrogen-bond donors (Lipinski definition) is 1. The molecule has 104 valence electrons. The molecule has 0 radical (unpaired) electrons. The van der Waals surface area contributed by atoms with Crippen LogP contribution < -0.4 is 0 Å². The highest BCUT2D eigenvalue weighted by atomic mass is 16.5. The average Bonchev–Trinajstić information content (AvgIpc) is 3.21. The van der Waals surface area contributed by atoms with Gasteiger partial charge in [0.2, 0.25) is 11.6 Å². The Bertz CT molecular complexity index is 890. The molecule has 21 heavy (non-hydrogen) atoms. The molecule has 0 atom stereocenters. The maximum atomic E-state index is 10.2. The first-order valence-corrected chi connectivity index (χ1v) is 6.43. The Morgan fingerprint density at radius 1 is 1.19 bits per heavy atom. The minimum atomic E-state index is 0.167. The summed E-state index contributed by atoms with van der Waals surface area (Å²) in [6.45, 7) is 0.395. The quantitative estimate of drug-likeness (QED) is 0.624. The van der Waals surface area contributed by atoms with Crippen molar-refractivity contribution >= 4 is 10.9 Å². The number of pyridine rings is 1. The highest BCUT2D eigenvalue weighted by Gasteiger charge is 2.13. The molecule has 0 aliphatic rings. The highest BCUT2D eigenvalue weighted by Crippen LogP contribution is 2.27. The lowest BCUT2D eigenvalue weighted by Gasteiger charge is -2.00. The number of aromatic hydroxyl groups is 1. The standard InChI is InChI=1S/C15H11N3O3/c19-15-11-3-1-5-16-12(11)9-18(15)8-10-7-14(21-17-10)13-4-2-6-20-13/h1-7,9,19H,8H2. The number of aromatic nitrogens is 3. The van der Waals surface area contributed by atoms with E-state index in [1.807, 2.05) is 6.07 Å². The van der Waals surface area contributed by atoms with Gasteiger partial charge in [-0.15, -0.1) is 0 Å². The summed E-state index contributed by atoms with van der Waals surface area (Å²) in [6.07, 6.45) is 5.05. The van der Waals surface area contributed by atoms with E-state index in [4.69, 9.17) is 8.94 Å². The Kier molecular flexibility index (Phi) is 2.53. The second kappa shape index (κ2) is 4.52. The lowest BCUT2D eigenvalue weighted by Crippen LogP contribution is -1.97. The average molecular weight is 281 g/mol. The van der Waals surface area contributed by atoms with E-state index in [0.29, 0.717) is 29.1 Å². The highest BCUT2D eigenvalue weighted by molar-refractivity contribution is 5.84. The van der Waals surface area contributed by atoms with E-state index in [2.05, 4.69) is 10.1 Å². The van der Waals surface area contributed by atoms with E-state index in [-0.39, 0.29) is 5.88 Å². The lowest BCUT2D eigenvalue weighted by molar-refractivity contribution is 0.400. The van der Waals surface area contributed by atoms with E-state index >= 15 is 0 Å². The summed E-state index contributed by atoms with van der Waals surface area (Å²) < 4.78 is 12.2. The van der Waals surface area contributed by atoms with E-state index in [9.17, 15) is 5.11 Å². The van der Waals surface area contributed by atoms with Crippen molar-refractivity contribution < 1.29 is 14.0 Å². The van der Waals surface area contributed by atoms with Crippen molar-refractivity contribution in [3.05, 3.63) is 54.7 Å². The number of fused-ring (bicyclic) bond motifs is 1. The summed E-state index contributed by atoms with van der Waals surface area (Å²) in [4.78, 5) is 4.21. The number of nitrogens with zero attached hydrogens (tertiary/aromatic N) is 3. The largest absolute Gasteiger partial charge is 0.494 e. The van der Waals surface area contributed by atoms with Gasteiger partial charge in [0.1, 0.15) is 5.69 Å². The monoisotopic (exact) mass is 281 g/mol. The van der Waals surface area contributed by atoms with Crippen LogP contribution in [0.25, 0.3) is 22.4 Å². The van der Waals surface area contributed by atoms with Gasteiger partial charge in [-0.05, 0) is 24.3 Å². The molecule has 6 heteroatoms. The number of hydrogen-bond acceptors (Lipinski definition) is 5. The molecule has 4 aromatic heterocycles. The lowest BCUT2D eigenvalue weighted by atomic mass is 10.3. The fourth-order valence-electron chi connectivity index (χ4n) is 2.29. The Morgan fingerprint density at radius 2 is 2.14 bits per heavy atom. The molecule has 0 saturated heterocycles. The normalized spacial score (nSPS) is 11.2. The predicted molar refractivity (Wildman–Crippen MR) is 74.7 cm³/mol. The third-order valence-corrected chi connectivity index (χ3v) is 3.28. The number of furan rings is 1. The minimum absolute atomic E-state index is 0.167. The van der Waals surface area contributed by atoms with Gasteiger partial charge >= 0.3 is 0 Å². The molecule has 0 bridgehead atoms. The van der Waals surface area contributed by atoms with Gasteiger partial charge in [0.05, 0.1) is 23.7 Å². The van der Waals surface area contributed by atoms with Crippen molar-refractivity contribution in [2.24, 2.45) is 0 Å². The van der Waals surface area contributed by atoms with Crippen LogP contribution in [-0.4, -0.2) is 19.8 Å². The zero-order valence-corrected chi connectivity index (χ0v) is 10.9. The molecule has 0 saturated carbocycles. The smallest absolute Gasteiger partial charge is 0.202 e. The van der Waals surface area contributed by atoms with Crippen molar-refractivity contribution in [2.45, 2.75) is 6.54 Å². The Labute approximate surface area is 119 Å². The van der Waals surface area contributed by atoms with Gasteiger partial charge in [0.25, 0.3) is 0 Å². The van der Waals surface area contributed by atoms with Gasteiger partial charge in [0, 0.05) is 18.5 Å². The first kappa shape index (κ1) is 11.8. The molecule has 0 amide bonds. The van der Waals surface area contributed by atoms with Crippen molar-refractivity contribution in [1.29, 1.82) is 0 Å². The summed E-state index contributed by atoms with van der Waals surface area (Å²) in [7, 11) is 0. The molecule has 0 aromatic carbocycles. The summed E-state index contributed by atoms with van der Waals surface area (Å²) >= 11 is 0. The van der Waals surface area contributed by atoms with Crippen LogP contribution in [0.2, 0.25) is 0 Å². The molecule has 4 heterocycles. The van der Waals surface area contributed by atoms with Gasteiger partial charge in [-0.25, -0.2) is 0 Å². The summed E-state index contributed by atoms with van der Waals surface area (Å²) in [5.74, 6) is 1.35. The van der Waals surface area contributed by atoms with E-state index in [0.717, 1.165) is 5.52 Å². The number of rotatable bonds is 3. The first-order valence-electron chi connectivity index (χ1n) is 6.43. The zero-order chi connectivity index (χ0) is 14.2. The maximum absolute atomic E-state index is 10.2. The van der Waals surface area contributed by atoms with Gasteiger partial charge in [-0.3, -0.25) is 4.98 Å². The van der Waals surface area contributed by atoms with E-state index in [1.165, 1.54) is 0 Å². The fraction of sp³-hybridized carbons (Fsp3) is 0.0667. The second-order valence-corrected chi connectivity index (χ2v) is 4.68. The SMILES string of the molecule is Oc1c2cccnc2cn1Cc1cc(-c2ccco2)on1. The van der Waals surface area contributed by atoms with Crippen LogP contribution in [0, 0.1) is 0 Å². The molecule has 4 rings (SSSR count). The molecule has 0 fully saturated rings. The zero-order valence-electron chi connectivity index (χ0n) is 10.9. The van der Waals surface area contributed by atoms with Crippen LogP contribution in [0.4, 0.5) is 0 Å². The van der Waals surface area contributed by atoms with Gasteiger partial charge in [0.15, 0.2) is 5.76 Å². The van der Waals surface area contributed by atoms with Crippen molar-refractivity contribution in [1.82, 2.24) is 14.7 Å². The maximum Gasteiger partial charge on any atom is 0.202 e. The van der Waals surface area contributed by atoms with E-state index in [1.54, 1.807) is 47.5 Å². The molecule has 0 unspecified atom stereocenters. The Hall–Kier alpha value is -3.02. The van der Waals surface area contributed by atoms with Crippen molar-refractivity contribution in [2.75, 3.05) is 0 Å². The third-order valence-electron chi connectivity index (χ3n) is 3.28. The molecule has 6 nitrogen and oxygen atoms in total. The molecule has 0 aliphatic carbocycles. The molecular formula is C15H11N3O3. The molecule has 0 spiro atoms. The topological polar surface area (TPSA) is 77.2 Å². The minimum Gasteiger partial charge on any atom is -0.494 e. The Balaban J connectivity index is 1.67.